The van der Waals surface area contributed by atoms with Crippen LogP contribution < -0.4 is 27.8 Å². The predicted octanol–water partition coefficient (Wildman–Crippen LogP) is -3.84. The summed E-state index contributed by atoms with van der Waals surface area (Å²) in [6.45, 7) is -1.26. The third kappa shape index (κ3) is 20.7. The normalized spacial score (nSPS) is 28.1. The molecule has 8 heterocycles. The molecule has 55 heteroatoms. The van der Waals surface area contributed by atoms with Gasteiger partial charge in [-0.3, -0.25) is 55.5 Å². The van der Waals surface area contributed by atoms with E-state index in [4.69, 9.17) is 54.0 Å². The van der Waals surface area contributed by atoms with Crippen LogP contribution in [0.3, 0.4) is 0 Å². The summed E-state index contributed by atoms with van der Waals surface area (Å²) in [7, 11) is -33.6. The number of aliphatic hydroxyl groups is 5. The minimum absolute atomic E-state index is 0.00192. The summed E-state index contributed by atoms with van der Waals surface area (Å²) in [6, 6.07) is -1.32. The number of nitrogens with zero attached hydrogens (tertiary/aromatic N) is 9. The number of imidazole rings is 2. The number of amides is 3. The smallest absolute Gasteiger partial charge is 0.387 e. The molecule has 4 aromatic heterocycles. The van der Waals surface area contributed by atoms with Gasteiger partial charge in [-0.05, 0) is 18.6 Å². The number of anilines is 2. The number of carbonyl (C=O) groups is 4. The van der Waals surface area contributed by atoms with Gasteiger partial charge in [-0.25, -0.2) is 57.3 Å². The van der Waals surface area contributed by atoms with E-state index < -0.39 is 206 Å². The Kier molecular flexibility index (Phi) is 26.4. The molecule has 3 fully saturated rings. The van der Waals surface area contributed by atoms with Gasteiger partial charge in [0.1, 0.15) is 84.7 Å². The molecule has 8 rings (SSSR count). The largest absolute Gasteiger partial charge is 0.481 e. The number of thioether (sulfide) groups is 1. The van der Waals surface area contributed by atoms with Gasteiger partial charge in [0.25, 0.3) is 0 Å². The number of rotatable bonds is 35. The number of fused-ring (bicyclic) bond motifs is 2. The highest BCUT2D eigenvalue weighted by atomic mass is 32.2. The highest BCUT2D eigenvalue weighted by molar-refractivity contribution is 8.13. The molecule has 48 nitrogen and oxygen atoms in total. The first kappa shape index (κ1) is 81.5. The number of nitrogens with one attached hydrogen (secondary N) is 2. The van der Waals surface area contributed by atoms with Crippen LogP contribution in [0, 0.1) is 11.3 Å². The number of primary amides is 1. The van der Waals surface area contributed by atoms with Crippen LogP contribution >= 0.6 is 58.7 Å². The Balaban J connectivity index is 0.763. The van der Waals surface area contributed by atoms with E-state index in [2.05, 4.69) is 53.7 Å². The second kappa shape index (κ2) is 32.7. The minimum atomic E-state index is -5.74. The molecular formula is C46H70N14O34P6S. The van der Waals surface area contributed by atoms with E-state index in [0.29, 0.717) is 11.8 Å². The summed E-state index contributed by atoms with van der Waals surface area (Å²) < 4.78 is 132. The topological polar surface area (TPSA) is 728 Å². The number of hydrogen-bond donors (Lipinski definition) is 18. The van der Waals surface area contributed by atoms with Crippen LogP contribution in [-0.2, 0) is 96.5 Å². The lowest BCUT2D eigenvalue weighted by atomic mass is 9.87. The Morgan fingerprint density at radius 1 is 0.644 bits per heavy atom. The van der Waals surface area contributed by atoms with Crippen LogP contribution in [0.25, 0.3) is 22.3 Å². The minimum Gasteiger partial charge on any atom is -0.387 e. The van der Waals surface area contributed by atoms with E-state index in [1.807, 2.05) is 0 Å². The molecule has 0 radical (unpaired) electrons. The van der Waals surface area contributed by atoms with E-state index in [9.17, 15) is 111 Å². The number of phosphoric ester groups is 6. The van der Waals surface area contributed by atoms with Crippen molar-refractivity contribution in [2.75, 3.05) is 56.7 Å². The van der Waals surface area contributed by atoms with Crippen molar-refractivity contribution in [3.63, 3.8) is 0 Å². The van der Waals surface area contributed by atoms with E-state index in [1.165, 1.54) is 23.3 Å². The molecular weight excluding hydrogens is 1510 g/mol. The van der Waals surface area contributed by atoms with E-state index >= 15 is 0 Å². The van der Waals surface area contributed by atoms with E-state index in [1.54, 1.807) is 6.92 Å². The van der Waals surface area contributed by atoms with Crippen LogP contribution in [-0.4, -0.2) is 250 Å². The maximum atomic E-state index is 13.9. The molecule has 4 aromatic rings. The number of phosphoric acid groups is 6. The van der Waals surface area contributed by atoms with Crippen molar-refractivity contribution in [1.82, 2.24) is 54.6 Å². The fraction of sp³-hybridized carbons (Fsp3) is 0.609. The summed E-state index contributed by atoms with van der Waals surface area (Å²) in [6.07, 6.45) is -16.6. The summed E-state index contributed by atoms with van der Waals surface area (Å²) in [5.41, 5.74) is 15.3. The standard InChI is InChI=1S/C46H70N14O34P6S/c1-4-20(28-21(38(49)67)6-5-10-58(28)42-31(64)29(62)22(88-42)12-84-97(76,77)93-98(78,79)85-13-23-30(63)34(92-96(73,74)75)44(89-23)60-19-57-27-37(48)53-17-55-40(27)60)45(69)101-11-9-50-25(61)7-8-51-41(68)35(66)46(2,3)15-87-100(82,83)94-99(80,81)86-14-24-33(91-95(70,71)72)32(65)43(90-24)59-18-56-26-36(47)52-16-54-39(26)59/h5-6,10,16-20,22-24,28-35,42-44,62-66H,4,7-9,11-15H2,1-3H3,(H2,49,67)(H,50,61)(H,51,68)(H,76,77)(H,78,79)(H,80,81)(H,82,83)(H2,47,52,54)(H2,48,53,55)(H2,70,71,72)(H2,73,74,75)/t20?,22-,23-,24?,28?,29-,30-,31-,32?,33?,34-,35?,42-,43?,44-/m1/s1. The maximum absolute atomic E-state index is 13.9. The van der Waals surface area contributed by atoms with Crippen molar-refractivity contribution < 1.29 is 161 Å². The number of hydrogen-bond acceptors (Lipinski definition) is 36. The van der Waals surface area contributed by atoms with Crippen molar-refractivity contribution in [1.29, 1.82) is 0 Å². The van der Waals surface area contributed by atoms with Gasteiger partial charge in [-0.15, -0.1) is 0 Å². The van der Waals surface area contributed by atoms with Gasteiger partial charge in [0.05, 0.1) is 51.0 Å². The monoisotopic (exact) mass is 1580 g/mol. The third-order valence-corrected chi connectivity index (χ3v) is 22.4. The van der Waals surface area contributed by atoms with Gasteiger partial charge < -0.3 is 112 Å². The average molecular weight is 1580 g/mol. The number of carbonyl (C=O) groups excluding carboxylic acids is 4. The lowest BCUT2D eigenvalue weighted by Crippen LogP contribution is -2.53. The summed E-state index contributed by atoms with van der Waals surface area (Å²) in [4.78, 5) is 157. The fourth-order valence-corrected chi connectivity index (χ4v) is 16.8. The van der Waals surface area contributed by atoms with Crippen LogP contribution in [0.4, 0.5) is 11.6 Å². The number of aromatic nitrogens is 8. The first-order valence-electron chi connectivity index (χ1n) is 29.1. The van der Waals surface area contributed by atoms with Crippen LogP contribution in [0.15, 0.2) is 49.2 Å². The molecule has 3 saturated heterocycles. The lowest BCUT2D eigenvalue weighted by molar-refractivity contribution is -0.137. The number of nitrogens with two attached hydrogens (primary N) is 3. The Labute approximate surface area is 571 Å². The molecule has 0 spiro atoms. The van der Waals surface area contributed by atoms with Crippen molar-refractivity contribution in [2.45, 2.75) is 119 Å². The Hall–Kier alpha value is -5.17. The van der Waals surface area contributed by atoms with Crippen LogP contribution in [0.1, 0.15) is 46.1 Å². The van der Waals surface area contributed by atoms with Gasteiger partial charge in [0, 0.05) is 42.5 Å². The molecule has 19 atom stereocenters. The van der Waals surface area contributed by atoms with E-state index in [-0.39, 0.29) is 58.3 Å². The van der Waals surface area contributed by atoms with Crippen molar-refractivity contribution in [2.24, 2.45) is 17.1 Å². The number of aliphatic hydroxyl groups excluding tert-OH is 5. The molecule has 0 bridgehead atoms. The molecule has 21 N–H and O–H groups in total. The Bertz CT molecular complexity index is 4050. The highest BCUT2D eigenvalue weighted by Gasteiger charge is 2.54. The predicted molar refractivity (Wildman–Crippen MR) is 333 cm³/mol. The van der Waals surface area contributed by atoms with Gasteiger partial charge in [-0.1, -0.05) is 32.5 Å². The first-order chi connectivity index (χ1) is 46.9. The molecule has 3 amide bonds. The lowest BCUT2D eigenvalue weighted by Gasteiger charge is -2.41. The molecule has 564 valence electrons. The summed E-state index contributed by atoms with van der Waals surface area (Å²) in [5.74, 6) is -4.30. The Morgan fingerprint density at radius 3 is 1.67 bits per heavy atom. The van der Waals surface area contributed by atoms with Crippen LogP contribution in [0.5, 0.6) is 0 Å². The van der Waals surface area contributed by atoms with Crippen molar-refractivity contribution >= 4 is 115 Å². The zero-order chi connectivity index (χ0) is 74.7. The van der Waals surface area contributed by atoms with Crippen molar-refractivity contribution in [3.8, 4) is 0 Å². The second-order valence-corrected chi connectivity index (χ2v) is 32.4. The zero-order valence-electron chi connectivity index (χ0n) is 52.3. The van der Waals surface area contributed by atoms with Crippen LogP contribution in [0.2, 0.25) is 0 Å². The van der Waals surface area contributed by atoms with Gasteiger partial charge in [-0.2, -0.15) is 8.62 Å². The summed E-state index contributed by atoms with van der Waals surface area (Å²) in [5, 5.41) is 59.3. The van der Waals surface area contributed by atoms with Gasteiger partial charge >= 0.3 is 46.9 Å². The van der Waals surface area contributed by atoms with E-state index in [0.717, 1.165) is 48.3 Å². The molecule has 0 aromatic carbocycles. The average Bonchev–Trinajstić information content (AvgIpc) is 1.68. The molecule has 0 saturated carbocycles. The fourth-order valence-electron chi connectivity index (χ4n) is 10.4. The molecule has 4 aliphatic heterocycles. The van der Waals surface area contributed by atoms with Crippen molar-refractivity contribution in [3.05, 3.63) is 49.2 Å². The molecule has 4 aliphatic rings. The third-order valence-electron chi connectivity index (χ3n) is 15.2. The highest BCUT2D eigenvalue weighted by Crippen LogP contribution is 2.62. The molecule has 11 unspecified atom stereocenters. The SMILES string of the molecule is CCC(C(=O)SCCNC(=O)CCNC(=O)C(O)C(C)(C)COP(=O)(O)OP(=O)(O)OCC1OC(n2cnc3c(N)ncnc32)C(O)C1OP(=O)(O)O)C1C(C(N)=O)=CC=CN1[C@@H]1O[C@H](COP(=O)(O)OP(=O)(O)OC[C@H]2O[C@@H](n3cnc4c(N)ncnc43)[C@H](OP(=O)(O)O)[C@@H]2O)[C@@H](O)[C@H]1O. The molecule has 101 heavy (non-hydrogen) atoms. The number of allylic oxidation sites excluding steroid dienone is 2. The summed E-state index contributed by atoms with van der Waals surface area (Å²) >= 11 is 0.691. The first-order valence-corrected chi connectivity index (χ1v) is 39.1. The van der Waals surface area contributed by atoms with Gasteiger partial charge in [0.15, 0.2) is 46.7 Å². The number of nitrogen functional groups attached to an aromatic ring is 2. The quantitative estimate of drug-likeness (QED) is 0.0155. The molecule has 0 aliphatic carbocycles. The zero-order valence-corrected chi connectivity index (χ0v) is 58.5. The van der Waals surface area contributed by atoms with Gasteiger partial charge in [0.2, 0.25) is 17.7 Å². The second-order valence-electron chi connectivity index (χ2n) is 22.8. The number of ether oxygens (including phenoxy) is 3. The Morgan fingerprint density at radius 2 is 1.14 bits per heavy atom. The maximum Gasteiger partial charge on any atom is 0.481 e.